The summed E-state index contributed by atoms with van der Waals surface area (Å²) >= 11 is 0. The highest BCUT2D eigenvalue weighted by atomic mass is 16.1. The third-order valence-electron chi connectivity index (χ3n) is 2.32. The van der Waals surface area contributed by atoms with Gasteiger partial charge in [0.25, 0.3) is 0 Å². The first kappa shape index (κ1) is 9.48. The molecule has 4 nitrogen and oxygen atoms in total. The molecule has 1 aliphatic rings. The number of rotatable bonds is 4. The van der Waals surface area contributed by atoms with Crippen molar-refractivity contribution in [1.82, 2.24) is 10.2 Å². The van der Waals surface area contributed by atoms with E-state index in [2.05, 4.69) is 17.1 Å². The molecule has 1 heterocycles. The Hall–Kier alpha value is -0.610. The molecule has 0 spiro atoms. The lowest BCUT2D eigenvalue weighted by Crippen LogP contribution is -2.42. The lowest BCUT2D eigenvalue weighted by atomic mass is 10.2. The molecule has 0 bridgehead atoms. The van der Waals surface area contributed by atoms with Crippen molar-refractivity contribution in [2.45, 2.75) is 19.4 Å². The summed E-state index contributed by atoms with van der Waals surface area (Å²) in [6.07, 6.45) is 1.13. The first-order valence-electron chi connectivity index (χ1n) is 4.47. The Morgan fingerprint density at radius 2 is 2.50 bits per heavy atom. The highest BCUT2D eigenvalue weighted by Gasteiger charge is 2.21. The van der Waals surface area contributed by atoms with Crippen molar-refractivity contribution in [3.8, 4) is 0 Å². The van der Waals surface area contributed by atoms with Crippen molar-refractivity contribution in [2.75, 3.05) is 26.2 Å². The van der Waals surface area contributed by atoms with Gasteiger partial charge in [0.15, 0.2) is 0 Å². The molecule has 1 aliphatic heterocycles. The maximum atomic E-state index is 10.7. The van der Waals surface area contributed by atoms with Gasteiger partial charge in [0.1, 0.15) is 0 Å². The van der Waals surface area contributed by atoms with Crippen LogP contribution in [0.3, 0.4) is 0 Å². The molecule has 12 heavy (non-hydrogen) atoms. The average molecular weight is 171 g/mol. The summed E-state index contributed by atoms with van der Waals surface area (Å²) < 4.78 is 0. The zero-order valence-electron chi connectivity index (χ0n) is 7.55. The molecule has 70 valence electrons. The van der Waals surface area contributed by atoms with E-state index in [1.165, 1.54) is 0 Å². The molecular weight excluding hydrogens is 154 g/mol. The third-order valence-corrected chi connectivity index (χ3v) is 2.32. The van der Waals surface area contributed by atoms with E-state index in [0.29, 0.717) is 12.6 Å². The number of primary amides is 1. The average Bonchev–Trinajstić information content (AvgIpc) is 2.51. The van der Waals surface area contributed by atoms with Gasteiger partial charge in [-0.15, -0.1) is 0 Å². The molecule has 1 saturated heterocycles. The molecule has 4 heteroatoms. The van der Waals surface area contributed by atoms with Gasteiger partial charge >= 0.3 is 0 Å². The van der Waals surface area contributed by atoms with Gasteiger partial charge in [-0.05, 0) is 19.5 Å². The second-order valence-corrected chi connectivity index (χ2v) is 3.18. The van der Waals surface area contributed by atoms with E-state index in [1.54, 1.807) is 0 Å². The van der Waals surface area contributed by atoms with E-state index in [9.17, 15) is 4.79 Å². The second-order valence-electron chi connectivity index (χ2n) is 3.18. The van der Waals surface area contributed by atoms with Gasteiger partial charge in [0.05, 0.1) is 6.54 Å². The molecule has 0 aliphatic carbocycles. The summed E-state index contributed by atoms with van der Waals surface area (Å²) in [5.74, 6) is -0.233. The molecule has 0 aromatic rings. The van der Waals surface area contributed by atoms with E-state index < -0.39 is 0 Å². The molecule has 0 radical (unpaired) electrons. The van der Waals surface area contributed by atoms with Crippen LogP contribution in [-0.4, -0.2) is 43.0 Å². The van der Waals surface area contributed by atoms with Gasteiger partial charge in [0.2, 0.25) is 5.91 Å². The Morgan fingerprint density at radius 1 is 1.75 bits per heavy atom. The van der Waals surface area contributed by atoms with Crippen LogP contribution in [0.25, 0.3) is 0 Å². The van der Waals surface area contributed by atoms with Gasteiger partial charge in [-0.3, -0.25) is 9.69 Å². The Morgan fingerprint density at radius 3 is 2.92 bits per heavy atom. The number of likely N-dealkylation sites (N-methyl/N-ethyl adjacent to an activating group) is 1. The SMILES string of the molecule is CCN(CC(N)=O)C1CCNC1. The van der Waals surface area contributed by atoms with Crippen molar-refractivity contribution in [1.29, 1.82) is 0 Å². The maximum Gasteiger partial charge on any atom is 0.231 e. The van der Waals surface area contributed by atoms with Gasteiger partial charge < -0.3 is 11.1 Å². The number of nitrogens with two attached hydrogens (primary N) is 1. The summed E-state index contributed by atoms with van der Waals surface area (Å²) in [6.45, 7) is 5.39. The predicted octanol–water partition coefficient (Wildman–Crippen LogP) is -0.844. The molecule has 1 fully saturated rings. The normalized spacial score (nSPS) is 23.3. The van der Waals surface area contributed by atoms with Crippen LogP contribution < -0.4 is 11.1 Å². The van der Waals surface area contributed by atoms with Gasteiger partial charge in [0, 0.05) is 12.6 Å². The number of amides is 1. The van der Waals surface area contributed by atoms with Crippen molar-refractivity contribution in [2.24, 2.45) is 5.73 Å². The topological polar surface area (TPSA) is 58.4 Å². The first-order chi connectivity index (χ1) is 5.74. The van der Waals surface area contributed by atoms with Crippen molar-refractivity contribution >= 4 is 5.91 Å². The summed E-state index contributed by atoms with van der Waals surface area (Å²) in [5.41, 5.74) is 5.14. The van der Waals surface area contributed by atoms with Crippen LogP contribution in [0.5, 0.6) is 0 Å². The predicted molar refractivity (Wildman–Crippen MR) is 47.7 cm³/mol. The smallest absolute Gasteiger partial charge is 0.231 e. The number of hydrogen-bond acceptors (Lipinski definition) is 3. The molecule has 1 amide bonds. The Labute approximate surface area is 73.1 Å². The minimum absolute atomic E-state index is 0.233. The fourth-order valence-corrected chi connectivity index (χ4v) is 1.65. The zero-order chi connectivity index (χ0) is 8.97. The quantitative estimate of drug-likeness (QED) is 0.579. The minimum atomic E-state index is -0.233. The van der Waals surface area contributed by atoms with Gasteiger partial charge in [-0.25, -0.2) is 0 Å². The largest absolute Gasteiger partial charge is 0.369 e. The van der Waals surface area contributed by atoms with Crippen molar-refractivity contribution < 1.29 is 4.79 Å². The van der Waals surface area contributed by atoms with E-state index in [4.69, 9.17) is 5.73 Å². The number of carbonyl (C=O) groups is 1. The highest BCUT2D eigenvalue weighted by molar-refractivity contribution is 5.75. The first-order valence-corrected chi connectivity index (χ1v) is 4.47. The van der Waals surface area contributed by atoms with E-state index in [1.807, 2.05) is 0 Å². The standard InChI is InChI=1S/C8H17N3O/c1-2-11(6-8(9)12)7-3-4-10-5-7/h7,10H,2-6H2,1H3,(H2,9,12). The van der Waals surface area contributed by atoms with E-state index >= 15 is 0 Å². The van der Waals surface area contributed by atoms with Gasteiger partial charge in [-0.1, -0.05) is 6.92 Å². The summed E-state index contributed by atoms with van der Waals surface area (Å²) in [4.78, 5) is 12.8. The maximum absolute atomic E-state index is 10.7. The fourth-order valence-electron chi connectivity index (χ4n) is 1.65. The number of carbonyl (C=O) groups excluding carboxylic acids is 1. The summed E-state index contributed by atoms with van der Waals surface area (Å²) in [6, 6.07) is 0.502. The lowest BCUT2D eigenvalue weighted by molar-refractivity contribution is -0.119. The fraction of sp³-hybridized carbons (Fsp3) is 0.875. The third kappa shape index (κ3) is 2.46. The molecule has 1 rings (SSSR count). The van der Waals surface area contributed by atoms with E-state index in [0.717, 1.165) is 26.1 Å². The number of hydrogen-bond donors (Lipinski definition) is 2. The van der Waals surface area contributed by atoms with Crippen LogP contribution in [0.15, 0.2) is 0 Å². The van der Waals surface area contributed by atoms with Gasteiger partial charge in [-0.2, -0.15) is 0 Å². The summed E-state index contributed by atoms with van der Waals surface area (Å²) in [5, 5.41) is 3.27. The molecule has 0 aromatic carbocycles. The second kappa shape index (κ2) is 4.42. The van der Waals surface area contributed by atoms with Crippen LogP contribution in [0, 0.1) is 0 Å². The van der Waals surface area contributed by atoms with Crippen LogP contribution >= 0.6 is 0 Å². The van der Waals surface area contributed by atoms with Crippen LogP contribution in [0.1, 0.15) is 13.3 Å². The van der Waals surface area contributed by atoms with Crippen molar-refractivity contribution in [3.63, 3.8) is 0 Å². The monoisotopic (exact) mass is 171 g/mol. The van der Waals surface area contributed by atoms with E-state index in [-0.39, 0.29) is 5.91 Å². The van der Waals surface area contributed by atoms with Crippen LogP contribution in [-0.2, 0) is 4.79 Å². The number of nitrogens with zero attached hydrogens (tertiary/aromatic N) is 1. The molecular formula is C8H17N3O. The zero-order valence-corrected chi connectivity index (χ0v) is 7.55. The highest BCUT2D eigenvalue weighted by Crippen LogP contribution is 2.06. The summed E-state index contributed by atoms with van der Waals surface area (Å²) in [7, 11) is 0. The minimum Gasteiger partial charge on any atom is -0.369 e. The number of nitrogens with one attached hydrogen (secondary N) is 1. The molecule has 1 atom stereocenters. The Balaban J connectivity index is 2.37. The molecule has 0 aromatic heterocycles. The molecule has 1 unspecified atom stereocenters. The Kier molecular flexibility index (Phi) is 3.49. The molecule has 3 N–H and O–H groups in total. The molecule has 0 saturated carbocycles. The van der Waals surface area contributed by atoms with Crippen LogP contribution in [0.4, 0.5) is 0 Å². The van der Waals surface area contributed by atoms with Crippen molar-refractivity contribution in [3.05, 3.63) is 0 Å². The van der Waals surface area contributed by atoms with Crippen LogP contribution in [0.2, 0.25) is 0 Å². The Bertz CT molecular complexity index is 154. The lowest BCUT2D eigenvalue weighted by Gasteiger charge is -2.24.